The topological polar surface area (TPSA) is 94.4 Å². The average Bonchev–Trinajstić information content (AvgIpc) is 3.29. The molecule has 0 radical (unpaired) electrons. The minimum absolute atomic E-state index is 0.122. The second-order valence-electron chi connectivity index (χ2n) is 7.93. The van der Waals surface area contributed by atoms with E-state index >= 15 is 0 Å². The molecule has 0 aliphatic rings. The SMILES string of the molecule is CCn1cc2cc(CN(c3ncc(C(F)(F)F)cc3Cl)S(=O)(=O)c3ccc(C(=O)OC)cc3)ccc2n1. The molecule has 4 aromatic rings. The summed E-state index contributed by atoms with van der Waals surface area (Å²) in [5, 5.41) is 4.65. The highest BCUT2D eigenvalue weighted by atomic mass is 35.5. The molecule has 0 aliphatic carbocycles. The van der Waals surface area contributed by atoms with Crippen LogP contribution in [0.4, 0.5) is 19.0 Å². The van der Waals surface area contributed by atoms with Crippen LogP contribution in [0.15, 0.2) is 65.8 Å². The number of sulfonamides is 1. The molecule has 0 fully saturated rings. The van der Waals surface area contributed by atoms with Crippen molar-refractivity contribution in [2.45, 2.75) is 31.1 Å². The highest BCUT2D eigenvalue weighted by Crippen LogP contribution is 2.36. The molecule has 0 saturated carbocycles. The van der Waals surface area contributed by atoms with E-state index in [1.54, 1.807) is 29.1 Å². The first-order valence-electron chi connectivity index (χ1n) is 10.8. The minimum Gasteiger partial charge on any atom is -0.465 e. The second-order valence-corrected chi connectivity index (χ2v) is 10.2. The summed E-state index contributed by atoms with van der Waals surface area (Å²) >= 11 is 6.15. The van der Waals surface area contributed by atoms with Crippen LogP contribution >= 0.6 is 11.6 Å². The molecule has 0 aliphatic heterocycles. The highest BCUT2D eigenvalue weighted by molar-refractivity contribution is 7.92. The van der Waals surface area contributed by atoms with Gasteiger partial charge in [0.25, 0.3) is 10.0 Å². The molecule has 13 heteroatoms. The van der Waals surface area contributed by atoms with Crippen molar-refractivity contribution >= 4 is 44.3 Å². The van der Waals surface area contributed by atoms with E-state index < -0.39 is 32.8 Å². The van der Waals surface area contributed by atoms with Crippen molar-refractivity contribution in [3.05, 3.63) is 82.6 Å². The monoisotopic (exact) mass is 552 g/mol. The van der Waals surface area contributed by atoms with Crippen LogP contribution in [0.3, 0.4) is 0 Å². The van der Waals surface area contributed by atoms with E-state index in [1.807, 2.05) is 6.92 Å². The number of pyridine rings is 1. The van der Waals surface area contributed by atoms with Gasteiger partial charge in [-0.15, -0.1) is 0 Å². The average molecular weight is 553 g/mol. The molecule has 0 saturated heterocycles. The molecule has 194 valence electrons. The van der Waals surface area contributed by atoms with Crippen molar-refractivity contribution < 1.29 is 31.1 Å². The number of carbonyl (C=O) groups excluding carboxylic acids is 1. The van der Waals surface area contributed by atoms with Crippen molar-refractivity contribution in [3.8, 4) is 0 Å². The Morgan fingerprint density at radius 2 is 1.84 bits per heavy atom. The summed E-state index contributed by atoms with van der Waals surface area (Å²) in [5.41, 5.74) is 0.228. The number of methoxy groups -OCH3 is 1. The number of esters is 1. The number of alkyl halides is 3. The number of hydrogen-bond donors (Lipinski definition) is 0. The van der Waals surface area contributed by atoms with Crippen molar-refractivity contribution in [3.63, 3.8) is 0 Å². The number of benzene rings is 2. The number of ether oxygens (including phenoxy) is 1. The van der Waals surface area contributed by atoms with Crippen LogP contribution < -0.4 is 4.31 Å². The quantitative estimate of drug-likeness (QED) is 0.289. The predicted octanol–water partition coefficient (Wildman–Crippen LogP) is 5.31. The third-order valence-corrected chi connectivity index (χ3v) is 7.54. The number of carbonyl (C=O) groups is 1. The summed E-state index contributed by atoms with van der Waals surface area (Å²) in [6, 6.07) is 10.7. The van der Waals surface area contributed by atoms with Crippen molar-refractivity contribution in [1.82, 2.24) is 14.8 Å². The highest BCUT2D eigenvalue weighted by Gasteiger charge is 2.34. The minimum atomic E-state index is -4.72. The largest absolute Gasteiger partial charge is 0.465 e. The third kappa shape index (κ3) is 5.39. The Kier molecular flexibility index (Phi) is 7.16. The van der Waals surface area contributed by atoms with Crippen molar-refractivity contribution in [2.24, 2.45) is 0 Å². The fourth-order valence-corrected chi connectivity index (χ4v) is 5.35. The number of hydrogen-bond acceptors (Lipinski definition) is 6. The van der Waals surface area contributed by atoms with Gasteiger partial charge in [0, 0.05) is 24.3 Å². The normalized spacial score (nSPS) is 12.1. The van der Waals surface area contributed by atoms with Crippen LogP contribution in [0, 0.1) is 0 Å². The maximum atomic E-state index is 13.7. The lowest BCUT2D eigenvalue weighted by Crippen LogP contribution is -2.32. The van der Waals surface area contributed by atoms with Gasteiger partial charge >= 0.3 is 12.1 Å². The Bertz CT molecular complexity index is 1570. The van der Waals surface area contributed by atoms with E-state index in [0.717, 1.165) is 9.69 Å². The van der Waals surface area contributed by atoms with Gasteiger partial charge in [-0.05, 0) is 55.0 Å². The molecule has 0 bridgehead atoms. The maximum Gasteiger partial charge on any atom is 0.417 e. The van der Waals surface area contributed by atoms with Gasteiger partial charge in [0.15, 0.2) is 5.82 Å². The number of nitrogens with zero attached hydrogens (tertiary/aromatic N) is 4. The Labute approximate surface area is 215 Å². The fraction of sp³-hybridized carbons (Fsp3) is 0.208. The lowest BCUT2D eigenvalue weighted by Gasteiger charge is -2.25. The van der Waals surface area contributed by atoms with Crippen LogP contribution in [0.25, 0.3) is 10.9 Å². The summed E-state index contributed by atoms with van der Waals surface area (Å²) in [6.45, 7) is 2.27. The van der Waals surface area contributed by atoms with E-state index in [4.69, 9.17) is 11.6 Å². The molecule has 0 spiro atoms. The molecule has 2 aromatic carbocycles. The van der Waals surface area contributed by atoms with Gasteiger partial charge in [-0.2, -0.15) is 18.3 Å². The number of aryl methyl sites for hydroxylation is 1. The summed E-state index contributed by atoms with van der Waals surface area (Å²) in [5.74, 6) is -1.04. The lowest BCUT2D eigenvalue weighted by atomic mass is 10.1. The molecule has 0 amide bonds. The van der Waals surface area contributed by atoms with Gasteiger partial charge in [-0.25, -0.2) is 22.5 Å². The molecule has 2 heterocycles. The van der Waals surface area contributed by atoms with Crippen molar-refractivity contribution in [1.29, 1.82) is 0 Å². The number of rotatable bonds is 7. The van der Waals surface area contributed by atoms with Gasteiger partial charge in [0.1, 0.15) is 0 Å². The lowest BCUT2D eigenvalue weighted by molar-refractivity contribution is -0.137. The zero-order valence-electron chi connectivity index (χ0n) is 19.5. The van der Waals surface area contributed by atoms with E-state index in [-0.39, 0.29) is 22.8 Å². The van der Waals surface area contributed by atoms with Gasteiger partial charge in [-0.3, -0.25) is 4.68 Å². The van der Waals surface area contributed by atoms with Crippen LogP contribution in [-0.4, -0.2) is 36.3 Å². The predicted molar refractivity (Wildman–Crippen MR) is 131 cm³/mol. The Morgan fingerprint density at radius 3 is 2.43 bits per heavy atom. The first-order chi connectivity index (χ1) is 17.4. The molecule has 37 heavy (non-hydrogen) atoms. The molecule has 2 aromatic heterocycles. The van der Waals surface area contributed by atoms with Gasteiger partial charge in [-0.1, -0.05) is 17.7 Å². The van der Waals surface area contributed by atoms with Crippen LogP contribution in [0.1, 0.15) is 28.4 Å². The smallest absolute Gasteiger partial charge is 0.417 e. The number of anilines is 1. The summed E-state index contributed by atoms with van der Waals surface area (Å²) < 4.78 is 74.1. The fourth-order valence-electron chi connectivity index (χ4n) is 3.60. The van der Waals surface area contributed by atoms with E-state index in [1.165, 1.54) is 31.4 Å². The Hall–Kier alpha value is -3.64. The van der Waals surface area contributed by atoms with Gasteiger partial charge in [0.2, 0.25) is 0 Å². The number of aromatic nitrogens is 3. The summed E-state index contributed by atoms with van der Waals surface area (Å²) in [6.07, 6.45) is -2.39. The molecule has 0 unspecified atom stereocenters. The molecular formula is C24H20ClF3N4O4S. The van der Waals surface area contributed by atoms with E-state index in [9.17, 15) is 26.4 Å². The van der Waals surface area contributed by atoms with Crippen LogP contribution in [0.2, 0.25) is 5.02 Å². The van der Waals surface area contributed by atoms with E-state index in [2.05, 4.69) is 14.8 Å². The zero-order valence-corrected chi connectivity index (χ0v) is 21.1. The van der Waals surface area contributed by atoms with E-state index in [0.29, 0.717) is 29.9 Å². The second kappa shape index (κ2) is 10.0. The summed E-state index contributed by atoms with van der Waals surface area (Å²) in [4.78, 5) is 15.3. The van der Waals surface area contributed by atoms with Gasteiger partial charge in [0.05, 0.1) is 40.2 Å². The standard InChI is InChI=1S/C24H20ClF3N4O4S/c1-3-31-14-17-10-15(4-9-21(17)30-31)13-32(22-20(25)11-18(12-29-22)24(26,27)28)37(34,35)19-7-5-16(6-8-19)23(33)36-2/h4-12,14H,3,13H2,1-2H3. The van der Waals surface area contributed by atoms with Gasteiger partial charge < -0.3 is 4.74 Å². The molecule has 8 nitrogen and oxygen atoms in total. The zero-order chi connectivity index (χ0) is 27.0. The van der Waals surface area contributed by atoms with Crippen LogP contribution in [0.5, 0.6) is 0 Å². The maximum absolute atomic E-state index is 13.7. The third-order valence-electron chi connectivity index (χ3n) is 5.52. The van der Waals surface area contributed by atoms with Crippen molar-refractivity contribution in [2.75, 3.05) is 11.4 Å². The number of fused-ring (bicyclic) bond motifs is 1. The van der Waals surface area contributed by atoms with Crippen LogP contribution in [-0.2, 0) is 34.0 Å². The Balaban J connectivity index is 1.81. The summed E-state index contributed by atoms with van der Waals surface area (Å²) in [7, 11) is -3.20. The first-order valence-corrected chi connectivity index (χ1v) is 12.7. The molecular weight excluding hydrogens is 533 g/mol. The molecule has 0 atom stereocenters. The Morgan fingerprint density at radius 1 is 1.14 bits per heavy atom. The first kappa shape index (κ1) is 26.4. The molecule has 4 rings (SSSR count). The number of halogens is 4. The molecule has 0 N–H and O–H groups in total.